The summed E-state index contributed by atoms with van der Waals surface area (Å²) in [5.41, 5.74) is 1.61. The molecular weight excluding hydrogens is 244 g/mol. The van der Waals surface area contributed by atoms with Crippen LogP contribution in [0, 0.1) is 10.1 Å². The van der Waals surface area contributed by atoms with Gasteiger partial charge in [-0.25, -0.2) is 0 Å². The summed E-state index contributed by atoms with van der Waals surface area (Å²) in [6, 6.07) is 6.35. The van der Waals surface area contributed by atoms with Gasteiger partial charge < -0.3 is 9.73 Å². The molecule has 6 heteroatoms. The van der Waals surface area contributed by atoms with E-state index in [9.17, 15) is 10.1 Å². The maximum Gasteiger partial charge on any atom is 0.288 e. The van der Waals surface area contributed by atoms with E-state index in [1.54, 1.807) is 18.6 Å². The third kappa shape index (κ3) is 2.76. The molecule has 88 valence electrons. The lowest BCUT2D eigenvalue weighted by Crippen LogP contribution is -1.98. The van der Waals surface area contributed by atoms with Crippen LogP contribution in [0.2, 0.25) is 5.02 Å². The number of nitro groups is 1. The Bertz CT molecular complexity index is 526. The van der Waals surface area contributed by atoms with Crippen LogP contribution in [0.4, 0.5) is 11.4 Å². The van der Waals surface area contributed by atoms with Gasteiger partial charge in [0.05, 0.1) is 17.4 Å². The molecule has 0 aliphatic rings. The number of benzene rings is 1. The van der Waals surface area contributed by atoms with E-state index in [1.807, 2.05) is 6.07 Å². The Kier molecular flexibility index (Phi) is 3.30. The van der Waals surface area contributed by atoms with Crippen LogP contribution < -0.4 is 5.32 Å². The van der Waals surface area contributed by atoms with Crippen molar-refractivity contribution in [3.05, 3.63) is 57.5 Å². The van der Waals surface area contributed by atoms with E-state index in [0.717, 1.165) is 11.3 Å². The molecule has 0 saturated carbocycles. The minimum absolute atomic E-state index is 0.0967. The summed E-state index contributed by atoms with van der Waals surface area (Å²) >= 11 is 5.78. The van der Waals surface area contributed by atoms with Gasteiger partial charge in [-0.15, -0.1) is 0 Å². The molecule has 1 aromatic heterocycles. The quantitative estimate of drug-likeness (QED) is 0.668. The zero-order chi connectivity index (χ0) is 12.3. The second-order valence-electron chi connectivity index (χ2n) is 3.41. The molecule has 0 radical (unpaired) electrons. The number of furan rings is 1. The van der Waals surface area contributed by atoms with Gasteiger partial charge in [-0.2, -0.15) is 0 Å². The van der Waals surface area contributed by atoms with Gasteiger partial charge in [-0.3, -0.25) is 10.1 Å². The standard InChI is InChI=1S/C11H9ClN2O3/c12-10-5-9(1-2-11(10)14(15)16)13-6-8-3-4-17-7-8/h1-5,7,13H,6H2. The smallest absolute Gasteiger partial charge is 0.288 e. The fraction of sp³-hybridized carbons (Fsp3) is 0.0909. The second-order valence-corrected chi connectivity index (χ2v) is 3.82. The van der Waals surface area contributed by atoms with Crippen LogP contribution in [0.1, 0.15) is 5.56 Å². The van der Waals surface area contributed by atoms with E-state index >= 15 is 0 Å². The highest BCUT2D eigenvalue weighted by atomic mass is 35.5. The number of halogens is 1. The highest BCUT2D eigenvalue weighted by molar-refractivity contribution is 6.32. The lowest BCUT2D eigenvalue weighted by Gasteiger charge is -2.05. The third-order valence-electron chi connectivity index (χ3n) is 2.22. The van der Waals surface area contributed by atoms with Crippen molar-refractivity contribution in [2.24, 2.45) is 0 Å². The molecule has 0 aliphatic carbocycles. The highest BCUT2D eigenvalue weighted by Gasteiger charge is 2.11. The van der Waals surface area contributed by atoms with Crippen LogP contribution in [-0.4, -0.2) is 4.92 Å². The normalized spacial score (nSPS) is 10.2. The van der Waals surface area contributed by atoms with Crippen molar-refractivity contribution in [2.45, 2.75) is 6.54 Å². The number of rotatable bonds is 4. The zero-order valence-electron chi connectivity index (χ0n) is 8.72. The van der Waals surface area contributed by atoms with Gasteiger partial charge in [0.25, 0.3) is 5.69 Å². The third-order valence-corrected chi connectivity index (χ3v) is 2.52. The van der Waals surface area contributed by atoms with E-state index < -0.39 is 4.92 Å². The molecule has 1 heterocycles. The fourth-order valence-electron chi connectivity index (χ4n) is 1.36. The summed E-state index contributed by atoms with van der Waals surface area (Å²) in [6.45, 7) is 0.574. The summed E-state index contributed by atoms with van der Waals surface area (Å²) < 4.78 is 4.92. The second kappa shape index (κ2) is 4.88. The van der Waals surface area contributed by atoms with E-state index in [4.69, 9.17) is 16.0 Å². The molecule has 17 heavy (non-hydrogen) atoms. The summed E-state index contributed by atoms with van der Waals surface area (Å²) in [6.07, 6.45) is 3.21. The Hall–Kier alpha value is -2.01. The molecule has 0 saturated heterocycles. The molecule has 2 rings (SSSR count). The molecule has 0 atom stereocenters. The topological polar surface area (TPSA) is 68.3 Å². The first-order chi connectivity index (χ1) is 8.16. The molecule has 0 spiro atoms. The average Bonchev–Trinajstić information content (AvgIpc) is 2.78. The Morgan fingerprint density at radius 3 is 2.82 bits per heavy atom. The monoisotopic (exact) mass is 252 g/mol. The maximum absolute atomic E-state index is 10.6. The Morgan fingerprint density at radius 1 is 1.41 bits per heavy atom. The molecular formula is C11H9ClN2O3. The number of anilines is 1. The van der Waals surface area contributed by atoms with Crippen LogP contribution in [-0.2, 0) is 6.54 Å². The first-order valence-electron chi connectivity index (χ1n) is 4.85. The number of hydrogen-bond acceptors (Lipinski definition) is 4. The molecule has 2 aromatic rings. The lowest BCUT2D eigenvalue weighted by atomic mass is 10.2. The van der Waals surface area contributed by atoms with E-state index in [-0.39, 0.29) is 10.7 Å². The molecule has 5 nitrogen and oxygen atoms in total. The minimum Gasteiger partial charge on any atom is -0.472 e. The average molecular weight is 253 g/mol. The van der Waals surface area contributed by atoms with Crippen molar-refractivity contribution in [2.75, 3.05) is 5.32 Å². The van der Waals surface area contributed by atoms with Gasteiger partial charge in [0.2, 0.25) is 0 Å². The van der Waals surface area contributed by atoms with Crippen LogP contribution in [0.15, 0.2) is 41.2 Å². The number of nitrogens with one attached hydrogen (secondary N) is 1. The summed E-state index contributed by atoms with van der Waals surface area (Å²) in [5.74, 6) is 0. The largest absolute Gasteiger partial charge is 0.472 e. The fourth-order valence-corrected chi connectivity index (χ4v) is 1.61. The van der Waals surface area contributed by atoms with Crippen molar-refractivity contribution in [3.8, 4) is 0 Å². The Morgan fingerprint density at radius 2 is 2.24 bits per heavy atom. The van der Waals surface area contributed by atoms with Gasteiger partial charge in [-0.05, 0) is 18.2 Å². The Balaban J connectivity index is 2.07. The molecule has 0 aliphatic heterocycles. The predicted molar refractivity (Wildman–Crippen MR) is 64.1 cm³/mol. The summed E-state index contributed by atoms with van der Waals surface area (Å²) in [4.78, 5) is 10.1. The first kappa shape index (κ1) is 11.5. The Labute approximate surface area is 102 Å². The van der Waals surface area contributed by atoms with Crippen LogP contribution in [0.5, 0.6) is 0 Å². The SMILES string of the molecule is O=[N+]([O-])c1ccc(NCc2ccoc2)cc1Cl. The molecule has 0 unspecified atom stereocenters. The van der Waals surface area contributed by atoms with Crippen LogP contribution >= 0.6 is 11.6 Å². The number of hydrogen-bond donors (Lipinski definition) is 1. The predicted octanol–water partition coefficient (Wildman–Crippen LogP) is 3.45. The molecule has 0 fully saturated rings. The van der Waals surface area contributed by atoms with Crippen molar-refractivity contribution < 1.29 is 9.34 Å². The summed E-state index contributed by atoms with van der Waals surface area (Å²) in [5, 5.41) is 13.8. The van der Waals surface area contributed by atoms with Gasteiger partial charge in [-0.1, -0.05) is 11.6 Å². The van der Waals surface area contributed by atoms with Gasteiger partial charge >= 0.3 is 0 Å². The van der Waals surface area contributed by atoms with Gasteiger partial charge in [0, 0.05) is 23.9 Å². The summed E-state index contributed by atoms with van der Waals surface area (Å²) in [7, 11) is 0. The van der Waals surface area contributed by atoms with Crippen molar-refractivity contribution in [1.29, 1.82) is 0 Å². The highest BCUT2D eigenvalue weighted by Crippen LogP contribution is 2.27. The van der Waals surface area contributed by atoms with Crippen LogP contribution in [0.3, 0.4) is 0 Å². The van der Waals surface area contributed by atoms with Gasteiger partial charge in [0.1, 0.15) is 5.02 Å². The number of nitrogens with zero attached hydrogens (tertiary/aromatic N) is 1. The van der Waals surface area contributed by atoms with Crippen molar-refractivity contribution in [1.82, 2.24) is 0 Å². The maximum atomic E-state index is 10.6. The molecule has 1 aromatic carbocycles. The van der Waals surface area contributed by atoms with Gasteiger partial charge in [0.15, 0.2) is 0 Å². The molecule has 0 bridgehead atoms. The number of nitro benzene ring substituents is 1. The van der Waals surface area contributed by atoms with Crippen LogP contribution in [0.25, 0.3) is 0 Å². The zero-order valence-corrected chi connectivity index (χ0v) is 9.48. The van der Waals surface area contributed by atoms with Crippen molar-refractivity contribution in [3.63, 3.8) is 0 Å². The first-order valence-corrected chi connectivity index (χ1v) is 5.23. The van der Waals surface area contributed by atoms with Crippen molar-refractivity contribution >= 4 is 23.0 Å². The lowest BCUT2D eigenvalue weighted by molar-refractivity contribution is -0.384. The van der Waals surface area contributed by atoms with E-state index in [1.165, 1.54) is 12.1 Å². The van der Waals surface area contributed by atoms with E-state index in [0.29, 0.717) is 6.54 Å². The van der Waals surface area contributed by atoms with E-state index in [2.05, 4.69) is 5.32 Å². The molecule has 1 N–H and O–H groups in total. The molecule has 0 amide bonds. The minimum atomic E-state index is -0.512.